The lowest BCUT2D eigenvalue weighted by Crippen LogP contribution is -2.31. The Labute approximate surface area is 80.6 Å². The van der Waals surface area contributed by atoms with E-state index >= 15 is 0 Å². The van der Waals surface area contributed by atoms with Crippen molar-refractivity contribution in [2.75, 3.05) is 12.3 Å². The Bertz CT molecular complexity index is 375. The van der Waals surface area contributed by atoms with Crippen LogP contribution in [0.5, 0.6) is 0 Å². The van der Waals surface area contributed by atoms with E-state index in [1.807, 2.05) is 0 Å². The van der Waals surface area contributed by atoms with Gasteiger partial charge in [-0.1, -0.05) is 0 Å². The number of aromatic nitrogens is 2. The van der Waals surface area contributed by atoms with Gasteiger partial charge in [-0.3, -0.25) is 9.36 Å². The Morgan fingerprint density at radius 3 is 2.86 bits per heavy atom. The summed E-state index contributed by atoms with van der Waals surface area (Å²) in [5.74, 6) is 0.0440. The van der Waals surface area contributed by atoms with Crippen molar-refractivity contribution in [3.8, 4) is 0 Å². The van der Waals surface area contributed by atoms with Crippen molar-refractivity contribution in [1.82, 2.24) is 9.55 Å². The molecular weight excluding hydrogens is 186 g/mol. The number of aryl methyl sites for hydroxylation is 1. The third-order valence-corrected chi connectivity index (χ3v) is 1.77. The Kier molecular flexibility index (Phi) is 3.21. The van der Waals surface area contributed by atoms with E-state index in [2.05, 4.69) is 4.98 Å². The summed E-state index contributed by atoms with van der Waals surface area (Å²) in [7, 11) is 0. The SMILES string of the molecule is Cc1cc(=O)n(CC(O)CO)c(N)n1. The third kappa shape index (κ3) is 2.30. The van der Waals surface area contributed by atoms with Crippen LogP contribution in [0.4, 0.5) is 5.95 Å². The second-order valence-electron chi connectivity index (χ2n) is 3.04. The minimum Gasteiger partial charge on any atom is -0.394 e. The molecule has 0 aromatic carbocycles. The second-order valence-corrected chi connectivity index (χ2v) is 3.04. The van der Waals surface area contributed by atoms with E-state index in [4.69, 9.17) is 15.9 Å². The maximum atomic E-state index is 11.4. The van der Waals surface area contributed by atoms with Gasteiger partial charge in [0.05, 0.1) is 19.3 Å². The van der Waals surface area contributed by atoms with Crippen LogP contribution in [0.2, 0.25) is 0 Å². The predicted octanol–water partition coefficient (Wildman–Crippen LogP) is -1.51. The molecule has 0 fully saturated rings. The van der Waals surface area contributed by atoms with Gasteiger partial charge in [0.2, 0.25) is 5.95 Å². The highest BCUT2D eigenvalue weighted by Gasteiger charge is 2.08. The Morgan fingerprint density at radius 1 is 1.71 bits per heavy atom. The van der Waals surface area contributed by atoms with Crippen LogP contribution in [0.15, 0.2) is 10.9 Å². The molecule has 0 spiro atoms. The maximum absolute atomic E-state index is 11.4. The van der Waals surface area contributed by atoms with Crippen LogP contribution in [-0.4, -0.2) is 32.5 Å². The first kappa shape index (κ1) is 10.7. The minimum absolute atomic E-state index is 0.0440. The summed E-state index contributed by atoms with van der Waals surface area (Å²) < 4.78 is 1.12. The molecule has 1 aromatic heterocycles. The smallest absolute Gasteiger partial charge is 0.255 e. The fourth-order valence-electron chi connectivity index (χ4n) is 1.09. The lowest BCUT2D eigenvalue weighted by Gasteiger charge is -2.11. The van der Waals surface area contributed by atoms with Gasteiger partial charge < -0.3 is 15.9 Å². The van der Waals surface area contributed by atoms with Crippen molar-refractivity contribution in [2.24, 2.45) is 0 Å². The second kappa shape index (κ2) is 4.21. The van der Waals surface area contributed by atoms with E-state index in [0.29, 0.717) is 5.69 Å². The number of hydrogen-bond acceptors (Lipinski definition) is 5. The molecule has 0 saturated heterocycles. The van der Waals surface area contributed by atoms with Crippen LogP contribution in [-0.2, 0) is 6.54 Å². The largest absolute Gasteiger partial charge is 0.394 e. The van der Waals surface area contributed by atoms with Gasteiger partial charge in [-0.05, 0) is 6.92 Å². The first-order valence-electron chi connectivity index (χ1n) is 4.17. The van der Waals surface area contributed by atoms with Crippen molar-refractivity contribution in [3.05, 3.63) is 22.1 Å². The molecule has 78 valence electrons. The number of nitrogens with zero attached hydrogens (tertiary/aromatic N) is 2. The first-order valence-corrected chi connectivity index (χ1v) is 4.17. The number of anilines is 1. The highest BCUT2D eigenvalue weighted by molar-refractivity contribution is 5.19. The van der Waals surface area contributed by atoms with Gasteiger partial charge in [-0.2, -0.15) is 0 Å². The van der Waals surface area contributed by atoms with Crippen LogP contribution in [0.1, 0.15) is 5.69 Å². The molecule has 0 aliphatic heterocycles. The van der Waals surface area contributed by atoms with Gasteiger partial charge in [0.1, 0.15) is 0 Å². The Morgan fingerprint density at radius 2 is 2.36 bits per heavy atom. The highest BCUT2D eigenvalue weighted by Crippen LogP contribution is 1.98. The number of rotatable bonds is 3. The van der Waals surface area contributed by atoms with Crippen LogP contribution in [0.3, 0.4) is 0 Å². The van der Waals surface area contributed by atoms with E-state index in [0.717, 1.165) is 4.57 Å². The van der Waals surface area contributed by atoms with Gasteiger partial charge in [0, 0.05) is 11.8 Å². The van der Waals surface area contributed by atoms with Gasteiger partial charge in [0.25, 0.3) is 5.56 Å². The number of nitrogens with two attached hydrogens (primary N) is 1. The molecular formula is C8H13N3O3. The number of nitrogen functional groups attached to an aromatic ring is 1. The average Bonchev–Trinajstić information content (AvgIpc) is 2.10. The Balaban J connectivity index is 3.03. The standard InChI is InChI=1S/C8H13N3O3/c1-5-2-7(14)11(8(9)10-5)3-6(13)4-12/h2,6,12-13H,3-4H2,1H3,(H2,9,10). The van der Waals surface area contributed by atoms with E-state index in [1.165, 1.54) is 6.07 Å². The van der Waals surface area contributed by atoms with Crippen LogP contribution in [0, 0.1) is 6.92 Å². The monoisotopic (exact) mass is 199 g/mol. The Hall–Kier alpha value is -1.40. The number of aliphatic hydroxyl groups excluding tert-OH is 2. The molecule has 1 aromatic rings. The van der Waals surface area contributed by atoms with Crippen molar-refractivity contribution >= 4 is 5.95 Å². The van der Waals surface area contributed by atoms with Crippen molar-refractivity contribution in [1.29, 1.82) is 0 Å². The van der Waals surface area contributed by atoms with Crippen LogP contribution < -0.4 is 11.3 Å². The van der Waals surface area contributed by atoms with Gasteiger partial charge in [-0.15, -0.1) is 0 Å². The summed E-state index contributed by atoms with van der Waals surface area (Å²) in [6.45, 7) is 1.19. The average molecular weight is 199 g/mol. The summed E-state index contributed by atoms with van der Waals surface area (Å²) in [5, 5.41) is 17.7. The van der Waals surface area contributed by atoms with Gasteiger partial charge in [0.15, 0.2) is 0 Å². The lowest BCUT2D eigenvalue weighted by atomic mass is 10.3. The summed E-state index contributed by atoms with van der Waals surface area (Å²) >= 11 is 0. The van der Waals surface area contributed by atoms with Gasteiger partial charge in [-0.25, -0.2) is 4.98 Å². The summed E-state index contributed by atoms with van der Waals surface area (Å²) in [6, 6.07) is 1.32. The van der Waals surface area contributed by atoms with Crippen molar-refractivity contribution in [2.45, 2.75) is 19.6 Å². The molecule has 4 N–H and O–H groups in total. The molecule has 1 heterocycles. The summed E-state index contributed by atoms with van der Waals surface area (Å²) in [6.07, 6.45) is -1.00. The van der Waals surface area contributed by atoms with E-state index in [9.17, 15) is 4.79 Å². The molecule has 1 unspecified atom stereocenters. The van der Waals surface area contributed by atoms with E-state index in [1.54, 1.807) is 6.92 Å². The normalized spacial score (nSPS) is 12.8. The summed E-state index contributed by atoms with van der Waals surface area (Å²) in [5.41, 5.74) is 5.68. The molecule has 0 aliphatic carbocycles. The topological polar surface area (TPSA) is 101 Å². The third-order valence-electron chi connectivity index (χ3n) is 1.77. The maximum Gasteiger partial charge on any atom is 0.255 e. The molecule has 0 bridgehead atoms. The van der Waals surface area contributed by atoms with E-state index < -0.39 is 12.7 Å². The number of aliphatic hydroxyl groups is 2. The fraction of sp³-hybridized carbons (Fsp3) is 0.500. The fourth-order valence-corrected chi connectivity index (χ4v) is 1.09. The van der Waals surface area contributed by atoms with Gasteiger partial charge >= 0.3 is 0 Å². The number of hydrogen-bond donors (Lipinski definition) is 3. The minimum atomic E-state index is -1.00. The lowest BCUT2D eigenvalue weighted by molar-refractivity contribution is 0.0807. The zero-order valence-electron chi connectivity index (χ0n) is 7.84. The highest BCUT2D eigenvalue weighted by atomic mass is 16.3. The molecule has 1 atom stereocenters. The van der Waals surface area contributed by atoms with Crippen LogP contribution in [0.25, 0.3) is 0 Å². The van der Waals surface area contributed by atoms with Crippen molar-refractivity contribution < 1.29 is 10.2 Å². The predicted molar refractivity (Wildman–Crippen MR) is 50.7 cm³/mol. The molecule has 1 rings (SSSR count). The van der Waals surface area contributed by atoms with Crippen LogP contribution >= 0.6 is 0 Å². The van der Waals surface area contributed by atoms with E-state index in [-0.39, 0.29) is 18.1 Å². The molecule has 6 nitrogen and oxygen atoms in total. The zero-order chi connectivity index (χ0) is 10.7. The first-order chi connectivity index (χ1) is 6.54. The molecule has 0 saturated carbocycles. The molecule has 14 heavy (non-hydrogen) atoms. The van der Waals surface area contributed by atoms with Crippen molar-refractivity contribution in [3.63, 3.8) is 0 Å². The molecule has 0 aliphatic rings. The quantitative estimate of drug-likeness (QED) is 0.549. The zero-order valence-corrected chi connectivity index (χ0v) is 7.84. The molecule has 6 heteroatoms. The summed E-state index contributed by atoms with van der Waals surface area (Å²) in [4.78, 5) is 15.2. The molecule has 0 radical (unpaired) electrons. The molecule has 0 amide bonds.